The van der Waals surface area contributed by atoms with Gasteiger partial charge in [0.1, 0.15) is 6.61 Å². The Morgan fingerprint density at radius 1 is 2.00 bits per heavy atom. The first kappa shape index (κ1) is 8.56. The molecule has 0 saturated heterocycles. The van der Waals surface area contributed by atoms with Gasteiger partial charge >= 0.3 is 5.97 Å². The molecule has 3 heteroatoms. The second-order valence-electron chi connectivity index (χ2n) is 1.59. The number of rotatable bonds is 3. The van der Waals surface area contributed by atoms with Crippen LogP contribution in [0.3, 0.4) is 0 Å². The molecule has 0 saturated carbocycles. The van der Waals surface area contributed by atoms with E-state index in [-0.39, 0.29) is 17.8 Å². The second-order valence-corrected chi connectivity index (χ2v) is 2.37. The van der Waals surface area contributed by atoms with Gasteiger partial charge in [-0.2, -0.15) is 12.6 Å². The fraction of sp³-hybridized carbons (Fsp3) is 0.500. The fourth-order valence-corrected chi connectivity index (χ4v) is 0.336. The lowest BCUT2D eigenvalue weighted by Crippen LogP contribution is -2.14. The number of esters is 1. The molecule has 0 spiro atoms. The number of carbonyl (C=O) groups excluding carboxylic acids is 1. The molecule has 0 aliphatic carbocycles. The number of thiol groups is 1. The van der Waals surface area contributed by atoms with Crippen molar-refractivity contribution in [2.24, 2.45) is 0 Å². The molecule has 52 valence electrons. The molecule has 9 heavy (non-hydrogen) atoms. The molecule has 0 aromatic heterocycles. The van der Waals surface area contributed by atoms with Crippen molar-refractivity contribution in [3.63, 3.8) is 0 Å². The summed E-state index contributed by atoms with van der Waals surface area (Å²) in [5.41, 5.74) is 0. The Kier molecular flexibility index (Phi) is 4.22. The molecule has 0 fully saturated rings. The van der Waals surface area contributed by atoms with Crippen molar-refractivity contribution in [3.8, 4) is 0 Å². The molecule has 2 nitrogen and oxygen atoms in total. The van der Waals surface area contributed by atoms with Gasteiger partial charge in [0.05, 0.1) is 5.25 Å². The van der Waals surface area contributed by atoms with Crippen molar-refractivity contribution in [1.82, 2.24) is 0 Å². The monoisotopic (exact) mass is 146 g/mol. The zero-order valence-electron chi connectivity index (χ0n) is 5.33. The third-order valence-electron chi connectivity index (χ3n) is 0.685. The third-order valence-corrected chi connectivity index (χ3v) is 0.895. The van der Waals surface area contributed by atoms with Crippen molar-refractivity contribution in [2.45, 2.75) is 12.2 Å². The SMILES string of the molecule is C=CCOC(=O)C(C)S. The maximum atomic E-state index is 10.6. The van der Waals surface area contributed by atoms with Crippen molar-refractivity contribution in [3.05, 3.63) is 12.7 Å². The molecule has 0 radical (unpaired) electrons. The van der Waals surface area contributed by atoms with Gasteiger partial charge < -0.3 is 4.74 Å². The molecule has 0 bridgehead atoms. The summed E-state index contributed by atoms with van der Waals surface area (Å²) in [5.74, 6) is -0.307. The minimum atomic E-state index is -0.343. The van der Waals surface area contributed by atoms with Gasteiger partial charge in [-0.3, -0.25) is 4.79 Å². The van der Waals surface area contributed by atoms with E-state index in [0.29, 0.717) is 0 Å². The van der Waals surface area contributed by atoms with Crippen LogP contribution < -0.4 is 0 Å². The number of hydrogen-bond acceptors (Lipinski definition) is 3. The first-order valence-corrected chi connectivity index (χ1v) is 3.15. The Balaban J connectivity index is 3.38. The van der Waals surface area contributed by atoms with Gasteiger partial charge in [-0.25, -0.2) is 0 Å². The van der Waals surface area contributed by atoms with Crippen molar-refractivity contribution < 1.29 is 9.53 Å². The number of ether oxygens (including phenoxy) is 1. The maximum absolute atomic E-state index is 10.6. The Bertz CT molecular complexity index is 110. The first-order valence-electron chi connectivity index (χ1n) is 2.64. The van der Waals surface area contributed by atoms with E-state index >= 15 is 0 Å². The van der Waals surface area contributed by atoms with Crippen LogP contribution in [0, 0.1) is 0 Å². The Hall–Kier alpha value is -0.440. The van der Waals surface area contributed by atoms with E-state index in [1.807, 2.05) is 0 Å². The van der Waals surface area contributed by atoms with Gasteiger partial charge in [0, 0.05) is 0 Å². The average Bonchev–Trinajstić information content (AvgIpc) is 1.82. The van der Waals surface area contributed by atoms with Gasteiger partial charge in [-0.1, -0.05) is 12.7 Å². The van der Waals surface area contributed by atoms with Crippen LogP contribution in [0.25, 0.3) is 0 Å². The summed E-state index contributed by atoms with van der Waals surface area (Å²) >= 11 is 3.86. The molecule has 0 aliphatic heterocycles. The highest BCUT2D eigenvalue weighted by Gasteiger charge is 2.06. The molecule has 0 N–H and O–H groups in total. The molecular weight excluding hydrogens is 136 g/mol. The molecule has 0 aliphatic rings. The van der Waals surface area contributed by atoms with Crippen LogP contribution in [-0.4, -0.2) is 17.8 Å². The minimum absolute atomic E-state index is 0.268. The molecule has 0 amide bonds. The maximum Gasteiger partial charge on any atom is 0.318 e. The first-order chi connectivity index (χ1) is 4.18. The van der Waals surface area contributed by atoms with E-state index in [1.165, 1.54) is 6.08 Å². The lowest BCUT2D eigenvalue weighted by molar-refractivity contribution is -0.141. The largest absolute Gasteiger partial charge is 0.461 e. The van der Waals surface area contributed by atoms with E-state index < -0.39 is 0 Å². The summed E-state index contributed by atoms with van der Waals surface area (Å²) in [6.07, 6.45) is 1.52. The topological polar surface area (TPSA) is 26.3 Å². The van der Waals surface area contributed by atoms with E-state index in [4.69, 9.17) is 0 Å². The number of hydrogen-bond donors (Lipinski definition) is 1. The van der Waals surface area contributed by atoms with E-state index in [9.17, 15) is 4.79 Å². The van der Waals surface area contributed by atoms with Gasteiger partial charge in [0.15, 0.2) is 0 Å². The Labute approximate surface area is 60.3 Å². The highest BCUT2D eigenvalue weighted by Crippen LogP contribution is 1.94. The molecule has 0 aromatic rings. The van der Waals surface area contributed by atoms with Crippen LogP contribution in [0.1, 0.15) is 6.92 Å². The standard InChI is InChI=1S/C6H10O2S/c1-3-4-8-6(7)5(2)9/h3,5,9H,1,4H2,2H3. The quantitative estimate of drug-likeness (QED) is 0.366. The fourth-order valence-electron chi connectivity index (χ4n) is 0.262. The average molecular weight is 146 g/mol. The summed E-state index contributed by atoms with van der Waals surface area (Å²) in [5, 5.41) is -0.343. The van der Waals surface area contributed by atoms with Crippen LogP contribution in [0.2, 0.25) is 0 Å². The predicted molar refractivity (Wildman–Crippen MR) is 39.6 cm³/mol. The van der Waals surface area contributed by atoms with E-state index in [1.54, 1.807) is 6.92 Å². The normalized spacial score (nSPS) is 12.2. The highest BCUT2D eigenvalue weighted by molar-refractivity contribution is 7.81. The number of carbonyl (C=O) groups is 1. The lowest BCUT2D eigenvalue weighted by atomic mass is 10.5. The second kappa shape index (κ2) is 4.44. The molecule has 0 aromatic carbocycles. The van der Waals surface area contributed by atoms with Gasteiger partial charge in [-0.05, 0) is 6.92 Å². The minimum Gasteiger partial charge on any atom is -0.461 e. The molecular formula is C6H10O2S. The van der Waals surface area contributed by atoms with Crippen molar-refractivity contribution >= 4 is 18.6 Å². The van der Waals surface area contributed by atoms with Gasteiger partial charge in [0.2, 0.25) is 0 Å². The predicted octanol–water partition coefficient (Wildman–Crippen LogP) is 1.03. The van der Waals surface area contributed by atoms with Crippen LogP contribution in [0.4, 0.5) is 0 Å². The van der Waals surface area contributed by atoms with Crippen LogP contribution in [0.15, 0.2) is 12.7 Å². The van der Waals surface area contributed by atoms with Crippen molar-refractivity contribution in [2.75, 3.05) is 6.61 Å². The van der Waals surface area contributed by atoms with Crippen molar-refractivity contribution in [1.29, 1.82) is 0 Å². The van der Waals surface area contributed by atoms with Crippen LogP contribution >= 0.6 is 12.6 Å². The molecule has 1 atom stereocenters. The van der Waals surface area contributed by atoms with Crippen LogP contribution in [0.5, 0.6) is 0 Å². The molecule has 0 rings (SSSR count). The summed E-state index contributed by atoms with van der Waals surface area (Å²) < 4.78 is 4.62. The Morgan fingerprint density at radius 2 is 2.56 bits per heavy atom. The lowest BCUT2D eigenvalue weighted by Gasteiger charge is -2.01. The third kappa shape index (κ3) is 4.09. The smallest absolute Gasteiger partial charge is 0.318 e. The zero-order valence-corrected chi connectivity index (χ0v) is 6.23. The highest BCUT2D eigenvalue weighted by atomic mass is 32.1. The summed E-state index contributed by atoms with van der Waals surface area (Å²) in [4.78, 5) is 10.6. The Morgan fingerprint density at radius 3 is 2.89 bits per heavy atom. The molecule has 0 heterocycles. The van der Waals surface area contributed by atoms with E-state index in [2.05, 4.69) is 23.9 Å². The summed E-state index contributed by atoms with van der Waals surface area (Å²) in [6, 6.07) is 0. The van der Waals surface area contributed by atoms with Gasteiger partial charge in [-0.15, -0.1) is 0 Å². The van der Waals surface area contributed by atoms with E-state index in [0.717, 1.165) is 0 Å². The van der Waals surface area contributed by atoms with Gasteiger partial charge in [0.25, 0.3) is 0 Å². The molecule has 1 unspecified atom stereocenters. The van der Waals surface area contributed by atoms with Crippen LogP contribution in [-0.2, 0) is 9.53 Å². The zero-order chi connectivity index (χ0) is 7.28. The summed E-state index contributed by atoms with van der Waals surface area (Å²) in [7, 11) is 0. The summed E-state index contributed by atoms with van der Waals surface area (Å²) in [6.45, 7) is 5.32.